The van der Waals surface area contributed by atoms with Crippen LogP contribution in [0.2, 0.25) is 10.0 Å². The molecule has 1 amide bonds. The lowest BCUT2D eigenvalue weighted by molar-refractivity contribution is -0.119. The van der Waals surface area contributed by atoms with Gasteiger partial charge in [-0.2, -0.15) is 0 Å². The molecule has 1 N–H and O–H groups in total. The van der Waals surface area contributed by atoms with E-state index in [1.54, 1.807) is 19.2 Å². The van der Waals surface area contributed by atoms with Crippen LogP contribution in [-0.4, -0.2) is 98.0 Å². The number of sulfone groups is 1. The Bertz CT molecular complexity index is 1600. The molecular formula is C33H42Cl2N6O4S. The van der Waals surface area contributed by atoms with Crippen LogP contribution in [0.25, 0.3) is 11.3 Å². The molecule has 0 radical (unpaired) electrons. The number of aromatic nitrogens is 2. The number of carbonyl (C=O) groups excluding carboxylic acids is 1. The number of rotatable bonds is 11. The largest absolute Gasteiger partial charge is 0.437 e. The number of carbonyl (C=O) groups is 1. The monoisotopic (exact) mass is 688 g/mol. The van der Waals surface area contributed by atoms with E-state index in [1.165, 1.54) is 6.26 Å². The molecule has 13 heteroatoms. The number of piperidine rings is 1. The summed E-state index contributed by atoms with van der Waals surface area (Å²) in [5, 5.41) is 4.01. The van der Waals surface area contributed by atoms with Gasteiger partial charge in [0.1, 0.15) is 21.4 Å². The van der Waals surface area contributed by atoms with Crippen molar-refractivity contribution in [1.82, 2.24) is 25.1 Å². The first-order chi connectivity index (χ1) is 21.9. The number of halogens is 2. The number of nitrogens with zero attached hydrogens (tertiary/aromatic N) is 5. The van der Waals surface area contributed by atoms with Crippen LogP contribution in [0, 0.1) is 5.92 Å². The van der Waals surface area contributed by atoms with E-state index in [-0.39, 0.29) is 17.7 Å². The van der Waals surface area contributed by atoms with Gasteiger partial charge in [-0.1, -0.05) is 23.2 Å². The molecule has 3 aromatic rings. The fourth-order valence-corrected chi connectivity index (χ4v) is 7.16. The first kappa shape index (κ1) is 34.4. The third-order valence-corrected chi connectivity index (χ3v) is 9.86. The minimum Gasteiger partial charge on any atom is -0.437 e. The summed E-state index contributed by atoms with van der Waals surface area (Å²) >= 11 is 12.7. The average Bonchev–Trinajstić information content (AvgIpc) is 2.99. The Morgan fingerprint density at radius 3 is 2.39 bits per heavy atom. The SMILES string of the molecule is CC(=O)NCC1CCN(Cc2cc(Oc3ccc(N4CCN(CCS(C)(=O)=O)CC4C)nc3)nc(-c3cc(Cl)cc(Cl)c3)c2)CC1. The molecule has 46 heavy (non-hydrogen) atoms. The maximum Gasteiger partial charge on any atom is 0.220 e. The molecule has 10 nitrogen and oxygen atoms in total. The highest BCUT2D eigenvalue weighted by atomic mass is 35.5. The van der Waals surface area contributed by atoms with Gasteiger partial charge in [-0.05, 0) is 80.7 Å². The number of nitrogens with one attached hydrogen (secondary N) is 1. The molecule has 2 fully saturated rings. The van der Waals surface area contributed by atoms with Gasteiger partial charge in [-0.15, -0.1) is 0 Å². The van der Waals surface area contributed by atoms with Crippen LogP contribution < -0.4 is 15.0 Å². The molecule has 2 aliphatic heterocycles. The molecule has 2 aliphatic rings. The molecule has 1 atom stereocenters. The van der Waals surface area contributed by atoms with Crippen molar-refractivity contribution in [3.63, 3.8) is 0 Å². The number of piperazine rings is 1. The van der Waals surface area contributed by atoms with E-state index in [1.807, 2.05) is 30.3 Å². The molecule has 5 rings (SSSR count). The molecule has 2 saturated heterocycles. The van der Waals surface area contributed by atoms with Crippen LogP contribution in [0.1, 0.15) is 32.3 Å². The van der Waals surface area contributed by atoms with Crippen molar-refractivity contribution in [3.05, 3.63) is 64.3 Å². The maximum atomic E-state index is 11.6. The highest BCUT2D eigenvalue weighted by molar-refractivity contribution is 7.90. The summed E-state index contributed by atoms with van der Waals surface area (Å²) in [4.78, 5) is 27.7. The van der Waals surface area contributed by atoms with Crippen molar-refractivity contribution in [2.75, 3.05) is 62.7 Å². The van der Waals surface area contributed by atoms with Crippen LogP contribution in [0.5, 0.6) is 11.6 Å². The highest BCUT2D eigenvalue weighted by Crippen LogP contribution is 2.31. The Morgan fingerprint density at radius 2 is 1.76 bits per heavy atom. The number of anilines is 1. The average molecular weight is 690 g/mol. The number of amides is 1. The molecule has 4 heterocycles. The zero-order valence-corrected chi connectivity index (χ0v) is 28.9. The molecular weight excluding hydrogens is 647 g/mol. The van der Waals surface area contributed by atoms with Crippen LogP contribution >= 0.6 is 23.2 Å². The summed E-state index contributed by atoms with van der Waals surface area (Å²) in [6.07, 6.45) is 5.04. The predicted octanol–water partition coefficient (Wildman–Crippen LogP) is 5.15. The Kier molecular flexibility index (Phi) is 11.4. The first-order valence-corrected chi connectivity index (χ1v) is 18.5. The summed E-state index contributed by atoms with van der Waals surface area (Å²) in [6.45, 7) is 9.89. The topological polar surface area (TPSA) is 108 Å². The van der Waals surface area contributed by atoms with Gasteiger partial charge in [0.15, 0.2) is 0 Å². The molecule has 2 aromatic heterocycles. The van der Waals surface area contributed by atoms with Gasteiger partial charge in [-0.3, -0.25) is 14.6 Å². The molecule has 1 unspecified atom stereocenters. The third-order valence-electron chi connectivity index (χ3n) is 8.50. The number of benzene rings is 1. The van der Waals surface area contributed by atoms with E-state index in [4.69, 9.17) is 37.9 Å². The van der Waals surface area contributed by atoms with E-state index < -0.39 is 9.84 Å². The Hall–Kier alpha value is -2.96. The van der Waals surface area contributed by atoms with Crippen molar-refractivity contribution >= 4 is 44.8 Å². The van der Waals surface area contributed by atoms with E-state index in [2.05, 4.69) is 33.0 Å². The Labute approximate surface area is 282 Å². The minimum atomic E-state index is -2.99. The maximum absolute atomic E-state index is 11.6. The van der Waals surface area contributed by atoms with Crippen molar-refractivity contribution in [3.8, 4) is 22.9 Å². The second kappa shape index (κ2) is 15.3. The molecule has 0 bridgehead atoms. The summed E-state index contributed by atoms with van der Waals surface area (Å²) < 4.78 is 29.5. The summed E-state index contributed by atoms with van der Waals surface area (Å²) in [5.74, 6) is 2.54. The van der Waals surface area contributed by atoms with Gasteiger partial charge in [-0.25, -0.2) is 18.4 Å². The molecule has 248 valence electrons. The quantitative estimate of drug-likeness (QED) is 0.293. The lowest BCUT2D eigenvalue weighted by Crippen LogP contribution is -2.53. The standard InChI is InChI=1S/C33H42Cl2N6O4S/c1-23-21-40(12-13-46(3,43)44)10-11-41(23)32-5-4-30(20-37-32)45-33-15-26(14-31(38-33)27-16-28(34)18-29(35)17-27)22-39-8-6-25(7-9-39)19-36-24(2)42/h4-5,14-18,20,23,25H,6-13,19,21-22H2,1-3H3,(H,36,42). The molecule has 1 aromatic carbocycles. The van der Waals surface area contributed by atoms with Crippen molar-refractivity contribution < 1.29 is 17.9 Å². The molecule has 0 spiro atoms. The highest BCUT2D eigenvalue weighted by Gasteiger charge is 2.25. The lowest BCUT2D eigenvalue weighted by atomic mass is 9.96. The van der Waals surface area contributed by atoms with Crippen molar-refractivity contribution in [1.29, 1.82) is 0 Å². The van der Waals surface area contributed by atoms with Gasteiger partial charge in [0.25, 0.3) is 0 Å². The van der Waals surface area contributed by atoms with Gasteiger partial charge < -0.3 is 15.0 Å². The van der Waals surface area contributed by atoms with Gasteiger partial charge in [0.2, 0.25) is 11.8 Å². The van der Waals surface area contributed by atoms with Crippen LogP contribution in [0.4, 0.5) is 5.82 Å². The Balaban J connectivity index is 1.28. The van der Waals surface area contributed by atoms with E-state index in [0.717, 1.165) is 75.6 Å². The first-order valence-electron chi connectivity index (χ1n) is 15.6. The predicted molar refractivity (Wildman–Crippen MR) is 184 cm³/mol. The molecule has 0 saturated carbocycles. The lowest BCUT2D eigenvalue weighted by Gasteiger charge is -2.40. The van der Waals surface area contributed by atoms with Gasteiger partial charge >= 0.3 is 0 Å². The summed E-state index contributed by atoms with van der Waals surface area (Å²) in [5.41, 5.74) is 2.57. The second-order valence-corrected chi connectivity index (χ2v) is 15.6. The van der Waals surface area contributed by atoms with Crippen molar-refractivity contribution in [2.45, 2.75) is 39.3 Å². The number of ether oxygens (including phenoxy) is 1. The van der Waals surface area contributed by atoms with Crippen LogP contribution in [-0.2, 0) is 21.2 Å². The Morgan fingerprint density at radius 1 is 1.02 bits per heavy atom. The van der Waals surface area contributed by atoms with E-state index in [9.17, 15) is 13.2 Å². The zero-order valence-electron chi connectivity index (χ0n) is 26.6. The van der Waals surface area contributed by atoms with Gasteiger partial charge in [0.05, 0.1) is 17.6 Å². The number of pyridine rings is 2. The smallest absolute Gasteiger partial charge is 0.220 e. The zero-order chi connectivity index (χ0) is 32.8. The normalized spacial score (nSPS) is 18.5. The number of hydrogen-bond acceptors (Lipinski definition) is 9. The summed E-state index contributed by atoms with van der Waals surface area (Å²) in [6, 6.07) is 13.4. The van der Waals surface area contributed by atoms with Gasteiger partial charge in [0, 0.05) is 80.2 Å². The van der Waals surface area contributed by atoms with E-state index >= 15 is 0 Å². The van der Waals surface area contributed by atoms with Crippen LogP contribution in [0.15, 0.2) is 48.7 Å². The van der Waals surface area contributed by atoms with E-state index in [0.29, 0.717) is 39.8 Å². The summed E-state index contributed by atoms with van der Waals surface area (Å²) in [7, 11) is -2.99. The fraction of sp³-hybridized carbons (Fsp3) is 0.485. The van der Waals surface area contributed by atoms with Crippen LogP contribution in [0.3, 0.4) is 0 Å². The third kappa shape index (κ3) is 10.0. The number of likely N-dealkylation sites (tertiary alicyclic amines) is 1. The minimum absolute atomic E-state index is 0.0154. The van der Waals surface area contributed by atoms with Crippen molar-refractivity contribution in [2.24, 2.45) is 5.92 Å². The second-order valence-electron chi connectivity index (χ2n) is 12.4. The molecule has 0 aliphatic carbocycles. The fourth-order valence-electron chi connectivity index (χ4n) is 6.04. The number of hydrogen-bond donors (Lipinski definition) is 1.